The molecular weight excluding hydrogens is 306 g/mol. The van der Waals surface area contributed by atoms with E-state index in [1.807, 2.05) is 25.1 Å². The van der Waals surface area contributed by atoms with Gasteiger partial charge in [0.2, 0.25) is 0 Å². The van der Waals surface area contributed by atoms with Gasteiger partial charge in [-0.25, -0.2) is 4.98 Å². The van der Waals surface area contributed by atoms with Crippen LogP contribution in [0.5, 0.6) is 0 Å². The predicted molar refractivity (Wildman–Crippen MR) is 70.8 cm³/mol. The van der Waals surface area contributed by atoms with Crippen LogP contribution in [0.3, 0.4) is 0 Å². The van der Waals surface area contributed by atoms with Gasteiger partial charge in [0.1, 0.15) is 5.82 Å². The lowest BCUT2D eigenvalue weighted by atomic mass is 10.2. The molecule has 1 aromatic heterocycles. The maximum absolute atomic E-state index is 5.58. The maximum atomic E-state index is 5.58. The van der Waals surface area contributed by atoms with Crippen molar-refractivity contribution in [1.29, 1.82) is 0 Å². The highest BCUT2D eigenvalue weighted by molar-refractivity contribution is 9.10. The van der Waals surface area contributed by atoms with Crippen LogP contribution < -0.4 is 5.73 Å². The summed E-state index contributed by atoms with van der Waals surface area (Å²) < 4.78 is 6.16. The maximum Gasteiger partial charge on any atom is 0.174 e. The molecule has 2 N–H and O–H groups in total. The molecular formula is C10H10BrN3S2. The van der Waals surface area contributed by atoms with Crippen molar-refractivity contribution < 1.29 is 0 Å². The topological polar surface area (TPSA) is 51.8 Å². The zero-order valence-electron chi connectivity index (χ0n) is 8.61. The molecule has 0 atom stereocenters. The Bertz CT molecular complexity index is 499. The van der Waals surface area contributed by atoms with Gasteiger partial charge in [0, 0.05) is 15.9 Å². The Labute approximate surface area is 111 Å². The predicted octanol–water partition coefficient (Wildman–Crippen LogP) is 3.22. The van der Waals surface area contributed by atoms with Gasteiger partial charge in [-0.15, -0.1) is 0 Å². The van der Waals surface area contributed by atoms with E-state index in [1.54, 1.807) is 11.8 Å². The second kappa shape index (κ2) is 5.27. The quantitative estimate of drug-likeness (QED) is 0.944. The second-order valence-corrected chi connectivity index (χ2v) is 6.07. The minimum Gasteiger partial charge on any atom is -0.326 e. The van der Waals surface area contributed by atoms with Crippen molar-refractivity contribution in [1.82, 2.24) is 9.36 Å². The first-order valence-electron chi connectivity index (χ1n) is 4.65. The molecule has 0 aliphatic heterocycles. The Morgan fingerprint density at radius 3 is 2.88 bits per heavy atom. The van der Waals surface area contributed by atoms with Crippen LogP contribution in [0.25, 0.3) is 0 Å². The molecule has 1 heterocycles. The van der Waals surface area contributed by atoms with Crippen molar-refractivity contribution in [3.05, 3.63) is 34.1 Å². The summed E-state index contributed by atoms with van der Waals surface area (Å²) in [5, 5.41) is 0. The third-order valence-corrected chi connectivity index (χ3v) is 4.78. The van der Waals surface area contributed by atoms with Crippen LogP contribution in [-0.2, 0) is 6.54 Å². The van der Waals surface area contributed by atoms with Crippen LogP contribution in [0.15, 0.2) is 31.9 Å². The van der Waals surface area contributed by atoms with Crippen molar-refractivity contribution in [2.75, 3.05) is 0 Å². The molecule has 0 fully saturated rings. The number of nitrogens with two attached hydrogens (primary N) is 1. The largest absolute Gasteiger partial charge is 0.326 e. The Balaban J connectivity index is 2.21. The van der Waals surface area contributed by atoms with Crippen LogP contribution in [0.4, 0.5) is 0 Å². The summed E-state index contributed by atoms with van der Waals surface area (Å²) in [5.74, 6) is 0.821. The van der Waals surface area contributed by atoms with Gasteiger partial charge in [0.25, 0.3) is 0 Å². The Hall–Kier alpha value is -0.430. The number of aromatic nitrogens is 2. The highest BCUT2D eigenvalue weighted by Gasteiger charge is 2.06. The van der Waals surface area contributed by atoms with Gasteiger partial charge < -0.3 is 5.73 Å². The van der Waals surface area contributed by atoms with Crippen LogP contribution in [0, 0.1) is 6.92 Å². The molecule has 0 saturated heterocycles. The Morgan fingerprint density at radius 1 is 1.50 bits per heavy atom. The molecule has 0 unspecified atom stereocenters. The first kappa shape index (κ1) is 12.0. The molecule has 2 aromatic rings. The van der Waals surface area contributed by atoms with Crippen LogP contribution >= 0.6 is 39.2 Å². The molecule has 0 amide bonds. The fraction of sp³-hybridized carbons (Fsp3) is 0.200. The molecule has 1 aromatic carbocycles. The number of aryl methyl sites for hydroxylation is 1. The molecule has 16 heavy (non-hydrogen) atoms. The summed E-state index contributed by atoms with van der Waals surface area (Å²) in [4.78, 5) is 5.45. The smallest absolute Gasteiger partial charge is 0.174 e. The summed E-state index contributed by atoms with van der Waals surface area (Å²) in [7, 11) is 0. The molecule has 3 nitrogen and oxygen atoms in total. The highest BCUT2D eigenvalue weighted by Crippen LogP contribution is 2.34. The summed E-state index contributed by atoms with van der Waals surface area (Å²) in [6, 6.07) is 6.12. The minimum absolute atomic E-state index is 0.557. The van der Waals surface area contributed by atoms with Gasteiger partial charge in [0.15, 0.2) is 4.34 Å². The van der Waals surface area contributed by atoms with Crippen LogP contribution in [0.1, 0.15) is 11.4 Å². The number of nitrogens with zero attached hydrogens (tertiary/aromatic N) is 2. The molecule has 0 radical (unpaired) electrons. The van der Waals surface area contributed by atoms with Gasteiger partial charge in [-0.1, -0.05) is 17.8 Å². The van der Waals surface area contributed by atoms with Crippen LogP contribution in [-0.4, -0.2) is 9.36 Å². The SMILES string of the molecule is Cc1nsc(Sc2ccc(CN)cc2Br)n1. The van der Waals surface area contributed by atoms with Gasteiger partial charge in [-0.3, -0.25) is 0 Å². The molecule has 0 saturated carbocycles. The zero-order chi connectivity index (χ0) is 11.5. The summed E-state index contributed by atoms with van der Waals surface area (Å²) in [5.41, 5.74) is 6.69. The molecule has 0 aliphatic rings. The van der Waals surface area contributed by atoms with E-state index in [1.165, 1.54) is 11.5 Å². The Kier molecular flexibility index (Phi) is 3.96. The van der Waals surface area contributed by atoms with Gasteiger partial charge in [-0.2, -0.15) is 4.37 Å². The van der Waals surface area contributed by atoms with E-state index in [0.29, 0.717) is 6.54 Å². The normalized spacial score (nSPS) is 10.7. The van der Waals surface area contributed by atoms with E-state index in [0.717, 1.165) is 25.1 Å². The fourth-order valence-electron chi connectivity index (χ4n) is 1.17. The highest BCUT2D eigenvalue weighted by atomic mass is 79.9. The molecule has 84 valence electrons. The lowest BCUT2D eigenvalue weighted by Crippen LogP contribution is -1.95. The van der Waals surface area contributed by atoms with Gasteiger partial charge in [-0.05, 0) is 52.1 Å². The van der Waals surface area contributed by atoms with Gasteiger partial charge in [0.05, 0.1) is 0 Å². The molecule has 0 bridgehead atoms. The van der Waals surface area contributed by atoms with E-state index in [2.05, 4.69) is 25.3 Å². The second-order valence-electron chi connectivity index (χ2n) is 3.18. The lowest BCUT2D eigenvalue weighted by Gasteiger charge is -2.03. The minimum atomic E-state index is 0.557. The summed E-state index contributed by atoms with van der Waals surface area (Å²) >= 11 is 6.56. The van der Waals surface area contributed by atoms with E-state index in [4.69, 9.17) is 5.73 Å². The van der Waals surface area contributed by atoms with Crippen molar-refractivity contribution in [2.45, 2.75) is 22.7 Å². The standard InChI is InChI=1S/C10H10BrN3S2/c1-6-13-10(16-14-6)15-9-3-2-7(5-12)4-8(9)11/h2-4H,5,12H2,1H3. The third-order valence-electron chi connectivity index (χ3n) is 1.94. The number of hydrogen-bond acceptors (Lipinski definition) is 5. The van der Waals surface area contributed by atoms with E-state index in [-0.39, 0.29) is 0 Å². The van der Waals surface area contributed by atoms with Crippen molar-refractivity contribution in [3.63, 3.8) is 0 Å². The average Bonchev–Trinajstić information content (AvgIpc) is 2.67. The summed E-state index contributed by atoms with van der Waals surface area (Å²) in [6.45, 7) is 2.45. The first-order chi connectivity index (χ1) is 7.69. The first-order valence-corrected chi connectivity index (χ1v) is 7.04. The van der Waals surface area contributed by atoms with E-state index in [9.17, 15) is 0 Å². The van der Waals surface area contributed by atoms with E-state index < -0.39 is 0 Å². The lowest BCUT2D eigenvalue weighted by molar-refractivity contribution is 1.06. The monoisotopic (exact) mass is 315 g/mol. The molecule has 2 rings (SSSR count). The number of rotatable bonds is 3. The average molecular weight is 316 g/mol. The Morgan fingerprint density at radius 2 is 2.31 bits per heavy atom. The number of benzene rings is 1. The number of halogens is 1. The van der Waals surface area contributed by atoms with Crippen LogP contribution in [0.2, 0.25) is 0 Å². The fourth-order valence-corrected chi connectivity index (χ4v) is 3.45. The molecule has 6 heteroatoms. The van der Waals surface area contributed by atoms with Gasteiger partial charge >= 0.3 is 0 Å². The third kappa shape index (κ3) is 2.82. The van der Waals surface area contributed by atoms with Crippen molar-refractivity contribution in [2.24, 2.45) is 5.73 Å². The zero-order valence-corrected chi connectivity index (χ0v) is 11.8. The molecule has 0 spiro atoms. The van der Waals surface area contributed by atoms with Crippen molar-refractivity contribution in [3.8, 4) is 0 Å². The molecule has 0 aliphatic carbocycles. The van der Waals surface area contributed by atoms with E-state index >= 15 is 0 Å². The number of hydrogen-bond donors (Lipinski definition) is 1. The summed E-state index contributed by atoms with van der Waals surface area (Å²) in [6.07, 6.45) is 0. The van der Waals surface area contributed by atoms with Crippen molar-refractivity contribution >= 4 is 39.2 Å².